The molecule has 1 aliphatic heterocycles. The minimum atomic E-state index is -0.212. The molecular weight excluding hydrogens is 242 g/mol. The first-order valence-corrected chi connectivity index (χ1v) is 6.80. The summed E-state index contributed by atoms with van der Waals surface area (Å²) in [5.41, 5.74) is 6.77. The minimum absolute atomic E-state index is 0.000243. The van der Waals surface area contributed by atoms with Crippen LogP contribution in [0.3, 0.4) is 0 Å². The quantitative estimate of drug-likeness (QED) is 0.832. The van der Waals surface area contributed by atoms with Gasteiger partial charge < -0.3 is 20.5 Å². The number of aromatic nitrogens is 1. The lowest BCUT2D eigenvalue weighted by molar-refractivity contribution is -0.00545. The topological polar surface area (TPSA) is 71.6 Å². The summed E-state index contributed by atoms with van der Waals surface area (Å²) in [4.78, 5) is 6.74. The number of ether oxygens (including phenoxy) is 1. The van der Waals surface area contributed by atoms with Crippen LogP contribution < -0.4 is 10.6 Å². The summed E-state index contributed by atoms with van der Waals surface area (Å²) in [5.74, 6) is 0.975. The molecule has 0 bridgehead atoms. The van der Waals surface area contributed by atoms with Crippen molar-refractivity contribution in [2.24, 2.45) is 5.73 Å². The molecule has 106 valence electrons. The fourth-order valence-electron chi connectivity index (χ4n) is 2.46. The predicted molar refractivity (Wildman–Crippen MR) is 75.2 cm³/mol. The second kappa shape index (κ2) is 6.32. The Morgan fingerprint density at radius 1 is 1.42 bits per heavy atom. The maximum absolute atomic E-state index is 8.95. The molecule has 1 aromatic rings. The highest BCUT2D eigenvalue weighted by Crippen LogP contribution is 2.18. The number of aliphatic hydroxyl groups excluding tert-OH is 1. The van der Waals surface area contributed by atoms with Gasteiger partial charge in [-0.2, -0.15) is 0 Å². The van der Waals surface area contributed by atoms with Crippen molar-refractivity contribution in [2.75, 3.05) is 24.6 Å². The summed E-state index contributed by atoms with van der Waals surface area (Å²) in [6.07, 6.45) is 2.95. The summed E-state index contributed by atoms with van der Waals surface area (Å²) in [6, 6.07) is 3.84. The molecule has 3 unspecified atom stereocenters. The number of pyridine rings is 1. The van der Waals surface area contributed by atoms with E-state index in [4.69, 9.17) is 15.6 Å². The van der Waals surface area contributed by atoms with Crippen molar-refractivity contribution < 1.29 is 9.84 Å². The number of rotatable bonds is 4. The van der Waals surface area contributed by atoms with Crippen LogP contribution in [0.4, 0.5) is 5.82 Å². The molecule has 3 atom stereocenters. The Kier molecular flexibility index (Phi) is 4.74. The third-order valence-corrected chi connectivity index (χ3v) is 3.29. The van der Waals surface area contributed by atoms with Crippen molar-refractivity contribution in [1.82, 2.24) is 4.98 Å². The molecule has 0 aliphatic carbocycles. The van der Waals surface area contributed by atoms with E-state index in [1.807, 2.05) is 18.3 Å². The lowest BCUT2D eigenvalue weighted by Gasteiger charge is -2.36. The van der Waals surface area contributed by atoms with Crippen LogP contribution in [0.1, 0.15) is 19.4 Å². The molecule has 1 aliphatic rings. The minimum Gasteiger partial charge on any atom is -0.395 e. The second-order valence-electron chi connectivity index (χ2n) is 5.33. The van der Waals surface area contributed by atoms with E-state index < -0.39 is 0 Å². The number of anilines is 1. The van der Waals surface area contributed by atoms with Crippen LogP contribution in [-0.2, 0) is 11.2 Å². The van der Waals surface area contributed by atoms with Gasteiger partial charge in [-0.1, -0.05) is 6.07 Å². The average Bonchev–Trinajstić information content (AvgIpc) is 2.38. The zero-order valence-electron chi connectivity index (χ0n) is 11.6. The van der Waals surface area contributed by atoms with Gasteiger partial charge in [0, 0.05) is 25.3 Å². The van der Waals surface area contributed by atoms with Crippen LogP contribution in [0.5, 0.6) is 0 Å². The van der Waals surface area contributed by atoms with Gasteiger partial charge in [0.05, 0.1) is 18.8 Å². The van der Waals surface area contributed by atoms with Gasteiger partial charge in [-0.3, -0.25) is 0 Å². The maximum atomic E-state index is 8.95. The highest BCUT2D eigenvalue weighted by Gasteiger charge is 2.22. The fourth-order valence-corrected chi connectivity index (χ4v) is 2.46. The molecule has 1 saturated heterocycles. The molecule has 5 heteroatoms. The third kappa shape index (κ3) is 3.89. The van der Waals surface area contributed by atoms with Crippen LogP contribution in [0.15, 0.2) is 18.3 Å². The van der Waals surface area contributed by atoms with E-state index >= 15 is 0 Å². The number of hydrogen-bond donors (Lipinski definition) is 2. The number of nitrogens with zero attached hydrogens (tertiary/aromatic N) is 2. The van der Waals surface area contributed by atoms with Gasteiger partial charge in [0.15, 0.2) is 0 Å². The van der Waals surface area contributed by atoms with Gasteiger partial charge in [-0.25, -0.2) is 4.98 Å². The highest BCUT2D eigenvalue weighted by atomic mass is 16.5. The Labute approximate surface area is 114 Å². The van der Waals surface area contributed by atoms with Crippen molar-refractivity contribution in [1.29, 1.82) is 0 Å². The molecule has 1 aromatic heterocycles. The van der Waals surface area contributed by atoms with Gasteiger partial charge in [-0.15, -0.1) is 0 Å². The Morgan fingerprint density at radius 2 is 2.11 bits per heavy atom. The number of nitrogens with two attached hydrogens (primary N) is 1. The van der Waals surface area contributed by atoms with E-state index in [0.29, 0.717) is 6.42 Å². The van der Waals surface area contributed by atoms with Crippen molar-refractivity contribution >= 4 is 5.82 Å². The van der Waals surface area contributed by atoms with Crippen LogP contribution in [0, 0.1) is 0 Å². The standard InChI is InChI=1S/C14H23N3O2/c1-10-7-17(8-11(2)19-10)14-4-3-12(6-16-14)5-13(15)9-18/h3-4,6,10-11,13,18H,5,7-9,15H2,1-2H3. The first-order valence-electron chi connectivity index (χ1n) is 6.80. The zero-order valence-corrected chi connectivity index (χ0v) is 11.6. The molecule has 1 fully saturated rings. The molecule has 0 spiro atoms. The molecule has 5 nitrogen and oxygen atoms in total. The van der Waals surface area contributed by atoms with Crippen LogP contribution in [0.25, 0.3) is 0 Å². The predicted octanol–water partition coefficient (Wildman–Crippen LogP) is 0.557. The van der Waals surface area contributed by atoms with Crippen LogP contribution in [-0.4, -0.2) is 48.0 Å². The first kappa shape index (κ1) is 14.2. The van der Waals surface area contributed by atoms with Gasteiger partial charge in [-0.05, 0) is 31.9 Å². The molecule has 0 radical (unpaired) electrons. The SMILES string of the molecule is CC1CN(c2ccc(CC(N)CO)cn2)CC(C)O1. The molecule has 2 rings (SSSR count). The first-order chi connectivity index (χ1) is 9.08. The van der Waals surface area contributed by atoms with E-state index in [9.17, 15) is 0 Å². The van der Waals surface area contributed by atoms with Gasteiger partial charge >= 0.3 is 0 Å². The van der Waals surface area contributed by atoms with Gasteiger partial charge in [0.25, 0.3) is 0 Å². The summed E-state index contributed by atoms with van der Waals surface area (Å²) in [5, 5.41) is 8.95. The van der Waals surface area contributed by atoms with Gasteiger partial charge in [0.2, 0.25) is 0 Å². The molecule has 19 heavy (non-hydrogen) atoms. The lowest BCUT2D eigenvalue weighted by atomic mass is 10.1. The number of aliphatic hydroxyl groups is 1. The van der Waals surface area contributed by atoms with E-state index in [2.05, 4.69) is 23.7 Å². The van der Waals surface area contributed by atoms with Crippen molar-refractivity contribution in [3.8, 4) is 0 Å². The summed E-state index contributed by atoms with van der Waals surface area (Å²) < 4.78 is 5.72. The van der Waals surface area contributed by atoms with E-state index in [0.717, 1.165) is 24.5 Å². The smallest absolute Gasteiger partial charge is 0.128 e. The maximum Gasteiger partial charge on any atom is 0.128 e. The lowest BCUT2D eigenvalue weighted by Crippen LogP contribution is -2.45. The molecule has 0 saturated carbocycles. The van der Waals surface area contributed by atoms with Crippen molar-refractivity contribution in [2.45, 2.75) is 38.5 Å². The van der Waals surface area contributed by atoms with Gasteiger partial charge in [0.1, 0.15) is 5.82 Å². The highest BCUT2D eigenvalue weighted by molar-refractivity contribution is 5.40. The Morgan fingerprint density at radius 3 is 2.63 bits per heavy atom. The normalized spacial score (nSPS) is 25.4. The summed E-state index contributed by atoms with van der Waals surface area (Å²) in [6.45, 7) is 5.90. The molecule has 3 N–H and O–H groups in total. The van der Waals surface area contributed by atoms with Crippen LogP contribution >= 0.6 is 0 Å². The average molecular weight is 265 g/mol. The Bertz CT molecular complexity index is 386. The fraction of sp³-hybridized carbons (Fsp3) is 0.643. The molecule has 0 aromatic carbocycles. The van der Waals surface area contributed by atoms with E-state index in [1.165, 1.54) is 0 Å². The summed E-state index contributed by atoms with van der Waals surface area (Å²) >= 11 is 0. The zero-order chi connectivity index (χ0) is 13.8. The second-order valence-corrected chi connectivity index (χ2v) is 5.33. The Hall–Kier alpha value is -1.17. The molecule has 2 heterocycles. The van der Waals surface area contributed by atoms with Crippen LogP contribution in [0.2, 0.25) is 0 Å². The number of morpholine rings is 1. The number of hydrogen-bond acceptors (Lipinski definition) is 5. The largest absolute Gasteiger partial charge is 0.395 e. The Balaban J connectivity index is 2.01. The van der Waals surface area contributed by atoms with Crippen molar-refractivity contribution in [3.63, 3.8) is 0 Å². The monoisotopic (exact) mass is 265 g/mol. The van der Waals surface area contributed by atoms with E-state index in [1.54, 1.807) is 0 Å². The molecular formula is C14H23N3O2. The molecule has 0 amide bonds. The third-order valence-electron chi connectivity index (χ3n) is 3.29. The van der Waals surface area contributed by atoms with E-state index in [-0.39, 0.29) is 24.9 Å². The summed E-state index contributed by atoms with van der Waals surface area (Å²) in [7, 11) is 0. The van der Waals surface area contributed by atoms with Crippen molar-refractivity contribution in [3.05, 3.63) is 23.9 Å².